The van der Waals surface area contributed by atoms with Crippen molar-refractivity contribution in [2.45, 2.75) is 76.7 Å². The normalized spacial score (nSPS) is 24.3. The lowest BCUT2D eigenvalue weighted by Crippen LogP contribution is -2.27. The number of hydrogen-bond acceptors (Lipinski definition) is 1. The highest BCUT2D eigenvalue weighted by molar-refractivity contribution is 6.26. The van der Waals surface area contributed by atoms with Gasteiger partial charge in [0.2, 0.25) is 0 Å². The molecule has 2 aliphatic rings. The Labute approximate surface area is 116 Å². The Morgan fingerprint density at radius 1 is 0.889 bits per heavy atom. The van der Waals surface area contributed by atoms with Crippen molar-refractivity contribution >= 4 is 9.76 Å². The molecule has 2 aliphatic carbocycles. The van der Waals surface area contributed by atoms with Gasteiger partial charge in [-0.15, -0.1) is 0 Å². The first-order chi connectivity index (χ1) is 8.92. The van der Waals surface area contributed by atoms with Gasteiger partial charge in [0.15, 0.2) is 9.76 Å². The van der Waals surface area contributed by atoms with Crippen molar-refractivity contribution in [3.63, 3.8) is 0 Å². The van der Waals surface area contributed by atoms with Gasteiger partial charge in [-0.05, 0) is 23.8 Å². The summed E-state index contributed by atoms with van der Waals surface area (Å²) in [6.07, 6.45) is 16.7. The minimum absolute atomic E-state index is 0.192. The van der Waals surface area contributed by atoms with Crippen molar-refractivity contribution < 1.29 is 4.43 Å². The molecule has 0 aromatic rings. The molecule has 2 fully saturated rings. The minimum atomic E-state index is -0.192. The zero-order valence-electron chi connectivity index (χ0n) is 12.3. The van der Waals surface area contributed by atoms with Crippen molar-refractivity contribution in [1.29, 1.82) is 0 Å². The highest BCUT2D eigenvalue weighted by Gasteiger charge is 2.30. The van der Waals surface area contributed by atoms with E-state index >= 15 is 0 Å². The standard InChI is InChI=1S/C16H32OSi/c1-17-18-13-12-16(14-8-4-2-5-9-14)15-10-6-3-7-11-15/h14-16H,2-13,18H2,1H3. The molecule has 0 aromatic carbocycles. The molecular weight excluding hydrogens is 236 g/mol. The molecule has 106 valence electrons. The van der Waals surface area contributed by atoms with E-state index in [2.05, 4.69) is 0 Å². The van der Waals surface area contributed by atoms with Crippen LogP contribution in [0.2, 0.25) is 6.04 Å². The molecule has 2 saturated carbocycles. The maximum absolute atomic E-state index is 5.41. The van der Waals surface area contributed by atoms with Crippen molar-refractivity contribution in [1.82, 2.24) is 0 Å². The highest BCUT2D eigenvalue weighted by atomic mass is 28.2. The molecule has 0 unspecified atom stereocenters. The topological polar surface area (TPSA) is 9.23 Å². The summed E-state index contributed by atoms with van der Waals surface area (Å²) in [4.78, 5) is 0. The fourth-order valence-electron chi connectivity index (χ4n) is 4.44. The van der Waals surface area contributed by atoms with E-state index < -0.39 is 0 Å². The second kappa shape index (κ2) is 8.37. The predicted molar refractivity (Wildman–Crippen MR) is 81.6 cm³/mol. The maximum atomic E-state index is 5.41. The van der Waals surface area contributed by atoms with Crippen molar-refractivity contribution in [2.75, 3.05) is 7.11 Å². The van der Waals surface area contributed by atoms with Crippen LogP contribution in [0.3, 0.4) is 0 Å². The van der Waals surface area contributed by atoms with E-state index in [1.54, 1.807) is 0 Å². The fourth-order valence-corrected chi connectivity index (χ4v) is 5.37. The van der Waals surface area contributed by atoms with E-state index in [4.69, 9.17) is 4.43 Å². The van der Waals surface area contributed by atoms with Crippen LogP contribution >= 0.6 is 0 Å². The third-order valence-electron chi connectivity index (χ3n) is 5.40. The Morgan fingerprint density at radius 3 is 1.83 bits per heavy atom. The highest BCUT2D eigenvalue weighted by Crippen LogP contribution is 2.42. The molecule has 0 aromatic heterocycles. The second-order valence-electron chi connectivity index (χ2n) is 6.60. The molecule has 18 heavy (non-hydrogen) atoms. The molecule has 0 heterocycles. The summed E-state index contributed by atoms with van der Waals surface area (Å²) in [5.41, 5.74) is 0. The quantitative estimate of drug-likeness (QED) is 0.515. The van der Waals surface area contributed by atoms with E-state index in [1.165, 1.54) is 76.7 Å². The summed E-state index contributed by atoms with van der Waals surface area (Å²) in [6, 6.07) is 1.42. The van der Waals surface area contributed by atoms with Crippen molar-refractivity contribution in [2.24, 2.45) is 17.8 Å². The first-order valence-corrected chi connectivity index (χ1v) is 9.98. The molecule has 0 spiro atoms. The van der Waals surface area contributed by atoms with E-state index in [0.29, 0.717) is 0 Å². The zero-order chi connectivity index (χ0) is 12.6. The van der Waals surface area contributed by atoms with Gasteiger partial charge in [0.05, 0.1) is 0 Å². The van der Waals surface area contributed by atoms with Gasteiger partial charge in [0, 0.05) is 7.11 Å². The third kappa shape index (κ3) is 4.38. The second-order valence-corrected chi connectivity index (χ2v) is 8.29. The maximum Gasteiger partial charge on any atom is 0.161 e. The lowest BCUT2D eigenvalue weighted by atomic mass is 9.68. The van der Waals surface area contributed by atoms with E-state index in [1.807, 2.05) is 7.11 Å². The smallest absolute Gasteiger partial charge is 0.161 e. The van der Waals surface area contributed by atoms with Crippen LogP contribution in [0.5, 0.6) is 0 Å². The first kappa shape index (κ1) is 14.6. The Bertz CT molecular complexity index is 189. The summed E-state index contributed by atoms with van der Waals surface area (Å²) < 4.78 is 5.41. The van der Waals surface area contributed by atoms with Crippen LogP contribution in [0.4, 0.5) is 0 Å². The van der Waals surface area contributed by atoms with Crippen LogP contribution in [-0.2, 0) is 4.43 Å². The predicted octanol–water partition coefficient (Wildman–Crippen LogP) is 4.30. The Balaban J connectivity index is 1.87. The summed E-state index contributed by atoms with van der Waals surface area (Å²) in [6.45, 7) is 0. The van der Waals surface area contributed by atoms with Gasteiger partial charge in [-0.2, -0.15) is 0 Å². The molecule has 0 bridgehead atoms. The number of rotatable bonds is 6. The van der Waals surface area contributed by atoms with E-state index in [-0.39, 0.29) is 9.76 Å². The van der Waals surface area contributed by atoms with E-state index in [9.17, 15) is 0 Å². The van der Waals surface area contributed by atoms with Gasteiger partial charge in [-0.3, -0.25) is 0 Å². The molecule has 0 amide bonds. The number of hydrogen-bond donors (Lipinski definition) is 0. The zero-order valence-corrected chi connectivity index (χ0v) is 13.7. The van der Waals surface area contributed by atoms with Crippen LogP contribution < -0.4 is 0 Å². The van der Waals surface area contributed by atoms with Gasteiger partial charge in [-0.1, -0.05) is 70.6 Å². The van der Waals surface area contributed by atoms with Crippen LogP contribution in [0.25, 0.3) is 0 Å². The molecule has 2 rings (SSSR count). The summed E-state index contributed by atoms with van der Waals surface area (Å²) in [5, 5.41) is 0. The van der Waals surface area contributed by atoms with Crippen LogP contribution in [0.1, 0.15) is 70.6 Å². The van der Waals surface area contributed by atoms with Gasteiger partial charge >= 0.3 is 0 Å². The van der Waals surface area contributed by atoms with Gasteiger partial charge < -0.3 is 4.43 Å². The SMILES string of the molecule is CO[SiH2]CCC(C1CCCCC1)C1CCCCC1. The van der Waals surface area contributed by atoms with Crippen molar-refractivity contribution in [3.05, 3.63) is 0 Å². The average molecular weight is 269 g/mol. The molecule has 1 nitrogen and oxygen atoms in total. The van der Waals surface area contributed by atoms with Crippen LogP contribution in [0.15, 0.2) is 0 Å². The molecule has 2 heteroatoms. The molecule has 0 aliphatic heterocycles. The largest absolute Gasteiger partial charge is 0.427 e. The first-order valence-electron chi connectivity index (χ1n) is 8.40. The lowest BCUT2D eigenvalue weighted by molar-refractivity contribution is 0.138. The molecule has 0 saturated heterocycles. The molecule has 0 N–H and O–H groups in total. The summed E-state index contributed by atoms with van der Waals surface area (Å²) >= 11 is 0. The van der Waals surface area contributed by atoms with Gasteiger partial charge in [0.25, 0.3) is 0 Å². The Morgan fingerprint density at radius 2 is 1.39 bits per heavy atom. The van der Waals surface area contributed by atoms with Gasteiger partial charge in [0.1, 0.15) is 0 Å². The summed E-state index contributed by atoms with van der Waals surface area (Å²) in [7, 11) is 1.71. The molecule has 0 atom stereocenters. The Kier molecular flexibility index (Phi) is 6.78. The Hall–Kier alpha value is 0.177. The summed E-state index contributed by atoms with van der Waals surface area (Å²) in [5.74, 6) is 3.22. The lowest BCUT2D eigenvalue weighted by Gasteiger charge is -2.38. The molecule has 0 radical (unpaired) electrons. The van der Waals surface area contributed by atoms with Crippen molar-refractivity contribution in [3.8, 4) is 0 Å². The average Bonchev–Trinajstić information content (AvgIpc) is 2.46. The van der Waals surface area contributed by atoms with Crippen LogP contribution in [-0.4, -0.2) is 16.9 Å². The molecular formula is C16H32OSi. The van der Waals surface area contributed by atoms with E-state index in [0.717, 1.165) is 17.8 Å². The van der Waals surface area contributed by atoms with Crippen LogP contribution in [0, 0.1) is 17.8 Å². The third-order valence-corrected chi connectivity index (χ3v) is 6.50. The fraction of sp³-hybridized carbons (Fsp3) is 1.00. The monoisotopic (exact) mass is 268 g/mol. The minimum Gasteiger partial charge on any atom is -0.427 e. The van der Waals surface area contributed by atoms with Gasteiger partial charge in [-0.25, -0.2) is 0 Å².